The van der Waals surface area contributed by atoms with Crippen molar-refractivity contribution in [3.63, 3.8) is 0 Å². The maximum absolute atomic E-state index is 12.9. The van der Waals surface area contributed by atoms with Crippen molar-refractivity contribution >= 4 is 40.0 Å². The Morgan fingerprint density at radius 3 is 2.79 bits per heavy atom. The molecule has 3 heterocycles. The molecule has 2 atom stereocenters. The summed E-state index contributed by atoms with van der Waals surface area (Å²) in [6, 6.07) is 0.413. The van der Waals surface area contributed by atoms with Gasteiger partial charge in [-0.05, 0) is 51.3 Å². The number of hydrogen-bond donors (Lipinski definition) is 1. The van der Waals surface area contributed by atoms with Gasteiger partial charge in [-0.1, -0.05) is 0 Å². The van der Waals surface area contributed by atoms with E-state index in [9.17, 15) is 9.59 Å². The van der Waals surface area contributed by atoms with E-state index >= 15 is 0 Å². The van der Waals surface area contributed by atoms with Crippen LogP contribution in [0.4, 0.5) is 5.00 Å². The molecule has 2 fully saturated rings. The number of carbonyl (C=O) groups excluding carboxylic acids is 2. The van der Waals surface area contributed by atoms with E-state index in [1.54, 1.807) is 6.92 Å². The van der Waals surface area contributed by atoms with Crippen molar-refractivity contribution in [2.75, 3.05) is 43.1 Å². The lowest BCUT2D eigenvalue weighted by Crippen LogP contribution is -2.44. The van der Waals surface area contributed by atoms with E-state index in [-0.39, 0.29) is 18.0 Å². The van der Waals surface area contributed by atoms with Crippen LogP contribution in [0, 0.1) is 13.8 Å². The van der Waals surface area contributed by atoms with Gasteiger partial charge in [-0.3, -0.25) is 9.69 Å². The SMILES string of the molecule is CCOC(=O)c1c(NC(=O)CN(C[C@@H]2CCCO2)[C@H]2CCSC2)sc(C)c1C. The number of thiophene rings is 1. The summed E-state index contributed by atoms with van der Waals surface area (Å²) in [5, 5.41) is 3.57. The summed E-state index contributed by atoms with van der Waals surface area (Å²) in [6.45, 7) is 7.89. The summed E-state index contributed by atoms with van der Waals surface area (Å²) < 4.78 is 11.0. The topological polar surface area (TPSA) is 67.9 Å². The highest BCUT2D eigenvalue weighted by Gasteiger charge is 2.29. The monoisotopic (exact) mass is 426 g/mol. The molecule has 28 heavy (non-hydrogen) atoms. The fourth-order valence-electron chi connectivity index (χ4n) is 3.72. The second-order valence-electron chi connectivity index (χ2n) is 7.34. The van der Waals surface area contributed by atoms with Crippen molar-refractivity contribution in [2.45, 2.75) is 52.2 Å². The Morgan fingerprint density at radius 2 is 2.14 bits per heavy atom. The second kappa shape index (κ2) is 10.1. The third-order valence-corrected chi connectivity index (χ3v) is 7.62. The molecule has 0 radical (unpaired) electrons. The molecular formula is C20H30N2O4S2. The number of amides is 1. The van der Waals surface area contributed by atoms with E-state index < -0.39 is 0 Å². The first-order chi connectivity index (χ1) is 13.5. The molecule has 0 aliphatic carbocycles. The highest BCUT2D eigenvalue weighted by molar-refractivity contribution is 7.99. The molecule has 0 saturated carbocycles. The Hall–Kier alpha value is -1.09. The number of nitrogens with zero attached hydrogens (tertiary/aromatic N) is 1. The summed E-state index contributed by atoms with van der Waals surface area (Å²) in [5.41, 5.74) is 1.36. The highest BCUT2D eigenvalue weighted by Crippen LogP contribution is 2.33. The number of ether oxygens (including phenoxy) is 2. The summed E-state index contributed by atoms with van der Waals surface area (Å²) in [7, 11) is 0. The molecule has 0 unspecified atom stereocenters. The molecule has 2 aliphatic rings. The standard InChI is InChI=1S/C20H30N2O4S2/c1-4-25-20(24)18-13(2)14(3)28-19(18)21-17(23)11-22(15-7-9-27-12-15)10-16-6-5-8-26-16/h15-16H,4-12H2,1-3H3,(H,21,23)/t15-,16-/m0/s1. The van der Waals surface area contributed by atoms with Crippen molar-refractivity contribution in [1.82, 2.24) is 4.90 Å². The van der Waals surface area contributed by atoms with E-state index in [2.05, 4.69) is 10.2 Å². The van der Waals surface area contributed by atoms with Gasteiger partial charge in [0.2, 0.25) is 5.91 Å². The molecule has 2 aliphatic heterocycles. The zero-order valence-corrected chi connectivity index (χ0v) is 18.5. The Kier molecular flexibility index (Phi) is 7.79. The van der Waals surface area contributed by atoms with Crippen LogP contribution in [-0.4, -0.2) is 66.7 Å². The van der Waals surface area contributed by atoms with Gasteiger partial charge in [-0.25, -0.2) is 4.79 Å². The number of carbonyl (C=O) groups is 2. The Bertz CT molecular complexity index is 695. The number of hydrogen-bond acceptors (Lipinski definition) is 7. The first kappa shape index (κ1) is 21.6. The Labute approximate surface area is 175 Å². The zero-order valence-electron chi connectivity index (χ0n) is 16.9. The smallest absolute Gasteiger partial charge is 0.341 e. The van der Waals surface area contributed by atoms with Crippen LogP contribution in [0.15, 0.2) is 0 Å². The summed E-state index contributed by atoms with van der Waals surface area (Å²) >= 11 is 3.38. The summed E-state index contributed by atoms with van der Waals surface area (Å²) in [4.78, 5) is 28.5. The largest absolute Gasteiger partial charge is 0.462 e. The van der Waals surface area contributed by atoms with Crippen LogP contribution in [-0.2, 0) is 14.3 Å². The average molecular weight is 427 g/mol. The molecular weight excluding hydrogens is 396 g/mol. The summed E-state index contributed by atoms with van der Waals surface area (Å²) in [5.74, 6) is 1.75. The first-order valence-corrected chi connectivity index (χ1v) is 12.0. The van der Waals surface area contributed by atoms with Crippen molar-refractivity contribution in [3.05, 3.63) is 16.0 Å². The van der Waals surface area contributed by atoms with Gasteiger partial charge in [-0.2, -0.15) is 11.8 Å². The fourth-order valence-corrected chi connectivity index (χ4v) is 6.04. The van der Waals surface area contributed by atoms with Crippen molar-refractivity contribution in [1.29, 1.82) is 0 Å². The number of rotatable bonds is 8. The quantitative estimate of drug-likeness (QED) is 0.642. The van der Waals surface area contributed by atoms with Crippen molar-refractivity contribution < 1.29 is 19.1 Å². The average Bonchev–Trinajstić information content (AvgIpc) is 3.38. The molecule has 8 heteroatoms. The van der Waals surface area contributed by atoms with Crippen LogP contribution in [0.5, 0.6) is 0 Å². The van der Waals surface area contributed by atoms with Crippen molar-refractivity contribution in [2.24, 2.45) is 0 Å². The van der Waals surface area contributed by atoms with E-state index in [1.807, 2.05) is 25.6 Å². The maximum Gasteiger partial charge on any atom is 0.341 e. The molecule has 3 rings (SSSR count). The van der Waals surface area contributed by atoms with Crippen LogP contribution in [0.1, 0.15) is 47.0 Å². The van der Waals surface area contributed by atoms with E-state index in [1.165, 1.54) is 11.3 Å². The predicted octanol–water partition coefficient (Wildman–Crippen LogP) is 3.47. The van der Waals surface area contributed by atoms with Gasteiger partial charge < -0.3 is 14.8 Å². The van der Waals surface area contributed by atoms with Gasteiger partial charge in [0.05, 0.1) is 24.8 Å². The predicted molar refractivity (Wildman–Crippen MR) is 115 cm³/mol. The van der Waals surface area contributed by atoms with Gasteiger partial charge in [0.25, 0.3) is 0 Å². The molecule has 2 saturated heterocycles. The molecule has 6 nitrogen and oxygen atoms in total. The minimum atomic E-state index is -0.372. The molecule has 1 N–H and O–H groups in total. The Morgan fingerprint density at radius 1 is 1.32 bits per heavy atom. The van der Waals surface area contributed by atoms with Gasteiger partial charge in [0, 0.05) is 29.8 Å². The lowest BCUT2D eigenvalue weighted by Gasteiger charge is -2.29. The molecule has 1 aromatic rings. The van der Waals surface area contributed by atoms with Gasteiger partial charge in [0.1, 0.15) is 5.00 Å². The van der Waals surface area contributed by atoms with Crippen molar-refractivity contribution in [3.8, 4) is 0 Å². The van der Waals surface area contributed by atoms with E-state index in [0.29, 0.717) is 29.8 Å². The maximum atomic E-state index is 12.9. The van der Waals surface area contributed by atoms with Crippen LogP contribution in [0.25, 0.3) is 0 Å². The lowest BCUT2D eigenvalue weighted by atomic mass is 10.1. The Balaban J connectivity index is 1.68. The minimum Gasteiger partial charge on any atom is -0.462 e. The number of thioether (sulfide) groups is 1. The third-order valence-electron chi connectivity index (χ3n) is 5.35. The zero-order chi connectivity index (χ0) is 20.1. The lowest BCUT2D eigenvalue weighted by molar-refractivity contribution is -0.118. The normalized spacial score (nSPS) is 22.0. The molecule has 0 aromatic carbocycles. The minimum absolute atomic E-state index is 0.0818. The highest BCUT2D eigenvalue weighted by atomic mass is 32.2. The second-order valence-corrected chi connectivity index (χ2v) is 9.71. The molecule has 0 spiro atoms. The molecule has 1 amide bonds. The molecule has 156 valence electrons. The van der Waals surface area contributed by atoms with Crippen LogP contribution in [0.3, 0.4) is 0 Å². The number of anilines is 1. The van der Waals surface area contributed by atoms with Gasteiger partial charge in [0.15, 0.2) is 0 Å². The molecule has 1 aromatic heterocycles. The van der Waals surface area contributed by atoms with Gasteiger partial charge >= 0.3 is 5.97 Å². The fraction of sp³-hybridized carbons (Fsp3) is 0.700. The first-order valence-electron chi connectivity index (χ1n) is 10.00. The van der Waals surface area contributed by atoms with Gasteiger partial charge in [-0.15, -0.1) is 11.3 Å². The molecule has 0 bridgehead atoms. The van der Waals surface area contributed by atoms with E-state index in [0.717, 1.165) is 54.4 Å². The summed E-state index contributed by atoms with van der Waals surface area (Å²) in [6.07, 6.45) is 3.49. The number of nitrogens with one attached hydrogen (secondary N) is 1. The van der Waals surface area contributed by atoms with Crippen LogP contribution < -0.4 is 5.32 Å². The third kappa shape index (κ3) is 5.28. The number of aryl methyl sites for hydroxylation is 1. The van der Waals surface area contributed by atoms with Crippen LogP contribution >= 0.6 is 23.1 Å². The van der Waals surface area contributed by atoms with Crippen LogP contribution in [0.2, 0.25) is 0 Å². The number of esters is 1. The van der Waals surface area contributed by atoms with E-state index in [4.69, 9.17) is 9.47 Å².